The van der Waals surface area contributed by atoms with E-state index in [-0.39, 0.29) is 24.5 Å². The van der Waals surface area contributed by atoms with Gasteiger partial charge in [-0.25, -0.2) is 0 Å². The fourth-order valence-corrected chi connectivity index (χ4v) is 1.71. The molecule has 0 aliphatic heterocycles. The van der Waals surface area contributed by atoms with E-state index < -0.39 is 11.9 Å². The number of benzene rings is 1. The van der Waals surface area contributed by atoms with E-state index in [1.54, 1.807) is 13.8 Å². The predicted octanol–water partition coefficient (Wildman–Crippen LogP) is 2.07. The molecule has 1 rings (SSSR count). The second-order valence-electron chi connectivity index (χ2n) is 3.79. The molecule has 0 radical (unpaired) electrons. The number of carbonyl (C=O) groups is 2. The number of rotatable bonds is 5. The average Bonchev–Trinajstić information content (AvgIpc) is 2.38. The first-order chi connectivity index (χ1) is 8.99. The number of hydrogen-bond acceptors (Lipinski definition) is 4. The third-order valence-electron chi connectivity index (χ3n) is 2.48. The number of aromatic hydroxyl groups is 1. The van der Waals surface area contributed by atoms with Gasteiger partial charge in [0.2, 0.25) is 0 Å². The Kier molecular flexibility index (Phi) is 5.63. The van der Waals surface area contributed by atoms with Gasteiger partial charge in [0, 0.05) is 11.6 Å². The predicted molar refractivity (Wildman–Crippen MR) is 71.3 cm³/mol. The highest BCUT2D eigenvalue weighted by atomic mass is 35.5. The van der Waals surface area contributed by atoms with Crippen LogP contribution in [0.15, 0.2) is 18.2 Å². The lowest BCUT2D eigenvalue weighted by Gasteiger charge is -2.20. The van der Waals surface area contributed by atoms with Gasteiger partial charge in [0.25, 0.3) is 5.91 Å². The SMILES string of the molecule is CCOC(=O)CN(CC)C(=O)c1cc(Cl)ccc1O. The minimum Gasteiger partial charge on any atom is -0.507 e. The molecule has 5 nitrogen and oxygen atoms in total. The number of hydrogen-bond donors (Lipinski definition) is 1. The van der Waals surface area contributed by atoms with Crippen molar-refractivity contribution in [3.63, 3.8) is 0 Å². The van der Waals surface area contributed by atoms with Gasteiger partial charge in [0.05, 0.1) is 12.2 Å². The molecule has 0 saturated carbocycles. The molecule has 0 unspecified atom stereocenters. The van der Waals surface area contributed by atoms with Crippen LogP contribution in [0.1, 0.15) is 24.2 Å². The number of nitrogens with zero attached hydrogens (tertiary/aromatic N) is 1. The second-order valence-corrected chi connectivity index (χ2v) is 4.22. The number of likely N-dealkylation sites (N-methyl/N-ethyl adjacent to an activating group) is 1. The molecule has 0 bridgehead atoms. The zero-order valence-electron chi connectivity index (χ0n) is 10.9. The minimum atomic E-state index is -0.487. The van der Waals surface area contributed by atoms with Crippen molar-refractivity contribution in [2.45, 2.75) is 13.8 Å². The number of carbonyl (C=O) groups excluding carboxylic acids is 2. The minimum absolute atomic E-state index is 0.0682. The monoisotopic (exact) mass is 285 g/mol. The summed E-state index contributed by atoms with van der Waals surface area (Å²) in [5.41, 5.74) is 0.0682. The molecule has 1 N–H and O–H groups in total. The number of ether oxygens (including phenoxy) is 1. The lowest BCUT2D eigenvalue weighted by molar-refractivity contribution is -0.143. The van der Waals surface area contributed by atoms with Gasteiger partial charge in [0.15, 0.2) is 0 Å². The van der Waals surface area contributed by atoms with Gasteiger partial charge in [-0.1, -0.05) is 11.6 Å². The number of amides is 1. The molecule has 0 atom stereocenters. The largest absolute Gasteiger partial charge is 0.507 e. The Balaban J connectivity index is 2.89. The third kappa shape index (κ3) is 4.13. The maximum atomic E-state index is 12.2. The van der Waals surface area contributed by atoms with Crippen molar-refractivity contribution >= 4 is 23.5 Å². The molecule has 0 aliphatic carbocycles. The summed E-state index contributed by atoms with van der Waals surface area (Å²) in [6.45, 7) is 3.85. The van der Waals surface area contributed by atoms with Gasteiger partial charge < -0.3 is 14.7 Å². The molecule has 104 valence electrons. The number of halogens is 1. The maximum Gasteiger partial charge on any atom is 0.325 e. The molecule has 0 saturated heterocycles. The van der Waals surface area contributed by atoms with Crippen LogP contribution in [0.4, 0.5) is 0 Å². The highest BCUT2D eigenvalue weighted by Gasteiger charge is 2.20. The Morgan fingerprint density at radius 1 is 1.37 bits per heavy atom. The second kappa shape index (κ2) is 6.99. The molecular formula is C13H16ClNO4. The average molecular weight is 286 g/mol. The van der Waals surface area contributed by atoms with Crippen LogP contribution in [0, 0.1) is 0 Å². The molecule has 1 amide bonds. The summed E-state index contributed by atoms with van der Waals surface area (Å²) >= 11 is 5.79. The summed E-state index contributed by atoms with van der Waals surface area (Å²) in [5.74, 6) is -1.12. The number of esters is 1. The highest BCUT2D eigenvalue weighted by Crippen LogP contribution is 2.22. The van der Waals surface area contributed by atoms with E-state index in [0.717, 1.165) is 0 Å². The Labute approximate surface area is 116 Å². The molecule has 1 aromatic rings. The Bertz CT molecular complexity index is 476. The van der Waals surface area contributed by atoms with E-state index in [1.165, 1.54) is 23.1 Å². The standard InChI is InChI=1S/C13H16ClNO4/c1-3-15(8-12(17)19-4-2)13(18)10-7-9(14)5-6-11(10)16/h5-7,16H,3-4,8H2,1-2H3. The maximum absolute atomic E-state index is 12.2. The van der Waals surface area contributed by atoms with Crippen molar-refractivity contribution in [2.75, 3.05) is 19.7 Å². The normalized spacial score (nSPS) is 10.1. The molecular weight excluding hydrogens is 270 g/mol. The molecule has 0 aromatic heterocycles. The quantitative estimate of drug-likeness (QED) is 0.841. The van der Waals surface area contributed by atoms with Crippen LogP contribution in [0.25, 0.3) is 0 Å². The van der Waals surface area contributed by atoms with E-state index >= 15 is 0 Å². The van der Waals surface area contributed by atoms with Gasteiger partial charge >= 0.3 is 5.97 Å². The molecule has 1 aromatic carbocycles. The van der Waals surface area contributed by atoms with Crippen LogP contribution >= 0.6 is 11.6 Å². The van der Waals surface area contributed by atoms with Gasteiger partial charge in [0.1, 0.15) is 12.3 Å². The summed E-state index contributed by atoms with van der Waals surface area (Å²) in [4.78, 5) is 24.9. The van der Waals surface area contributed by atoms with Crippen molar-refractivity contribution in [3.8, 4) is 5.75 Å². The zero-order valence-corrected chi connectivity index (χ0v) is 11.6. The topological polar surface area (TPSA) is 66.8 Å². The van der Waals surface area contributed by atoms with Crippen molar-refractivity contribution in [3.05, 3.63) is 28.8 Å². The first kappa shape index (κ1) is 15.3. The fraction of sp³-hybridized carbons (Fsp3) is 0.385. The summed E-state index contributed by atoms with van der Waals surface area (Å²) < 4.78 is 4.79. The third-order valence-corrected chi connectivity index (χ3v) is 2.72. The summed E-state index contributed by atoms with van der Waals surface area (Å²) in [6, 6.07) is 4.19. The molecule has 0 fully saturated rings. The van der Waals surface area contributed by atoms with Crippen LogP contribution in [-0.2, 0) is 9.53 Å². The summed E-state index contributed by atoms with van der Waals surface area (Å²) in [6.07, 6.45) is 0. The van der Waals surface area contributed by atoms with Gasteiger partial charge in [-0.05, 0) is 32.0 Å². The zero-order chi connectivity index (χ0) is 14.4. The van der Waals surface area contributed by atoms with Crippen LogP contribution in [0.2, 0.25) is 5.02 Å². The highest BCUT2D eigenvalue weighted by molar-refractivity contribution is 6.31. The number of phenols is 1. The molecule has 6 heteroatoms. The van der Waals surface area contributed by atoms with Gasteiger partial charge in [-0.15, -0.1) is 0 Å². The lowest BCUT2D eigenvalue weighted by atomic mass is 10.1. The first-order valence-corrected chi connectivity index (χ1v) is 6.30. The van der Waals surface area contributed by atoms with Gasteiger partial charge in [-0.2, -0.15) is 0 Å². The number of phenolic OH excluding ortho intramolecular Hbond substituents is 1. The Morgan fingerprint density at radius 2 is 2.05 bits per heavy atom. The van der Waals surface area contributed by atoms with E-state index in [1.807, 2.05) is 0 Å². The smallest absolute Gasteiger partial charge is 0.325 e. The van der Waals surface area contributed by atoms with Gasteiger partial charge in [-0.3, -0.25) is 9.59 Å². The molecule has 19 heavy (non-hydrogen) atoms. The summed E-state index contributed by atoms with van der Waals surface area (Å²) in [7, 11) is 0. The van der Waals surface area contributed by atoms with E-state index in [0.29, 0.717) is 11.6 Å². The van der Waals surface area contributed by atoms with Crippen molar-refractivity contribution in [1.29, 1.82) is 0 Å². The lowest BCUT2D eigenvalue weighted by Crippen LogP contribution is -2.36. The summed E-state index contributed by atoms with van der Waals surface area (Å²) in [5, 5.41) is 10.0. The van der Waals surface area contributed by atoms with E-state index in [2.05, 4.69) is 0 Å². The molecule has 0 spiro atoms. The van der Waals surface area contributed by atoms with Crippen LogP contribution in [0.5, 0.6) is 5.75 Å². The van der Waals surface area contributed by atoms with E-state index in [9.17, 15) is 14.7 Å². The Morgan fingerprint density at radius 3 is 2.63 bits per heavy atom. The Hall–Kier alpha value is -1.75. The van der Waals surface area contributed by atoms with Crippen molar-refractivity contribution in [2.24, 2.45) is 0 Å². The first-order valence-electron chi connectivity index (χ1n) is 5.93. The van der Waals surface area contributed by atoms with Crippen molar-refractivity contribution < 1.29 is 19.4 Å². The van der Waals surface area contributed by atoms with E-state index in [4.69, 9.17) is 16.3 Å². The van der Waals surface area contributed by atoms with Crippen LogP contribution in [-0.4, -0.2) is 41.6 Å². The fourth-order valence-electron chi connectivity index (χ4n) is 1.54. The molecule has 0 heterocycles. The molecule has 0 aliphatic rings. The van der Waals surface area contributed by atoms with Crippen molar-refractivity contribution in [1.82, 2.24) is 4.90 Å². The van der Waals surface area contributed by atoms with Crippen LogP contribution in [0.3, 0.4) is 0 Å². The van der Waals surface area contributed by atoms with Crippen LogP contribution < -0.4 is 0 Å².